The molecule has 1 aliphatic heterocycles. The second-order valence-corrected chi connectivity index (χ2v) is 4.86. The van der Waals surface area contributed by atoms with E-state index in [1.807, 2.05) is 0 Å². The molecular weight excluding hydrogens is 148 g/mol. The molecule has 0 aromatic carbocycles. The van der Waals surface area contributed by atoms with Crippen molar-refractivity contribution in [1.82, 2.24) is 0 Å². The third-order valence-electron chi connectivity index (χ3n) is 4.12. The zero-order valence-corrected chi connectivity index (χ0v) is 8.48. The van der Waals surface area contributed by atoms with Crippen LogP contribution in [0.4, 0.5) is 0 Å². The molecule has 1 spiro atoms. The van der Waals surface area contributed by atoms with Gasteiger partial charge in [-0.3, -0.25) is 0 Å². The van der Waals surface area contributed by atoms with Gasteiger partial charge >= 0.3 is 0 Å². The van der Waals surface area contributed by atoms with Crippen LogP contribution in [0.5, 0.6) is 0 Å². The van der Waals surface area contributed by atoms with E-state index in [1.54, 1.807) is 0 Å². The predicted molar refractivity (Wildman–Crippen MR) is 50.0 cm³/mol. The van der Waals surface area contributed by atoms with Crippen LogP contribution in [0.15, 0.2) is 11.6 Å². The molecule has 1 heteroatoms. The second-order valence-electron chi connectivity index (χ2n) is 4.86. The zero-order chi connectivity index (χ0) is 8.98. The lowest BCUT2D eigenvalue weighted by Gasteiger charge is -2.41. The van der Waals surface area contributed by atoms with Gasteiger partial charge in [-0.05, 0) is 24.8 Å². The van der Waals surface area contributed by atoms with E-state index in [9.17, 15) is 0 Å². The number of allylic oxidation sites excluding steroid dienone is 1. The molecular formula is C11H18O. The molecule has 1 nitrogen and oxygen atoms in total. The Morgan fingerprint density at radius 2 is 2.08 bits per heavy atom. The molecule has 68 valence electrons. The van der Waals surface area contributed by atoms with Crippen LogP contribution in [0.1, 0.15) is 34.1 Å². The summed E-state index contributed by atoms with van der Waals surface area (Å²) in [5.41, 5.74) is 1.89. The minimum atomic E-state index is 0.116. The maximum absolute atomic E-state index is 5.67. The molecule has 1 heterocycles. The van der Waals surface area contributed by atoms with Crippen molar-refractivity contribution in [3.05, 3.63) is 11.6 Å². The van der Waals surface area contributed by atoms with Crippen molar-refractivity contribution in [3.63, 3.8) is 0 Å². The van der Waals surface area contributed by atoms with Gasteiger partial charge in [0, 0.05) is 5.41 Å². The molecule has 1 fully saturated rings. The van der Waals surface area contributed by atoms with Crippen LogP contribution in [0.25, 0.3) is 0 Å². The molecule has 0 N–H and O–H groups in total. The highest BCUT2D eigenvalue weighted by atomic mass is 16.6. The number of rotatable bonds is 0. The van der Waals surface area contributed by atoms with Gasteiger partial charge in [0.2, 0.25) is 0 Å². The largest absolute Gasteiger partial charge is 0.364 e. The van der Waals surface area contributed by atoms with Crippen LogP contribution in [-0.4, -0.2) is 12.2 Å². The Labute approximate surface area is 74.8 Å². The van der Waals surface area contributed by atoms with E-state index in [2.05, 4.69) is 33.8 Å². The summed E-state index contributed by atoms with van der Waals surface area (Å²) in [6, 6.07) is 0. The number of ether oxygens (including phenoxy) is 1. The van der Waals surface area contributed by atoms with Gasteiger partial charge in [0.25, 0.3) is 0 Å². The minimum absolute atomic E-state index is 0.116. The van der Waals surface area contributed by atoms with E-state index < -0.39 is 0 Å². The number of epoxide rings is 1. The van der Waals surface area contributed by atoms with Crippen molar-refractivity contribution >= 4 is 0 Å². The van der Waals surface area contributed by atoms with Crippen molar-refractivity contribution in [1.29, 1.82) is 0 Å². The Morgan fingerprint density at radius 3 is 2.50 bits per heavy atom. The van der Waals surface area contributed by atoms with Gasteiger partial charge in [-0.25, -0.2) is 0 Å². The third-order valence-corrected chi connectivity index (χ3v) is 4.12. The molecule has 1 aliphatic carbocycles. The normalized spacial score (nSPS) is 44.3. The smallest absolute Gasteiger partial charge is 0.118 e. The Balaban J connectivity index is 2.40. The van der Waals surface area contributed by atoms with Gasteiger partial charge in [-0.15, -0.1) is 0 Å². The van der Waals surface area contributed by atoms with Crippen molar-refractivity contribution in [2.45, 2.75) is 39.7 Å². The highest BCUT2D eigenvalue weighted by molar-refractivity contribution is 5.30. The average molecular weight is 166 g/mol. The summed E-state index contributed by atoms with van der Waals surface area (Å²) in [6.45, 7) is 10.1. The van der Waals surface area contributed by atoms with Gasteiger partial charge < -0.3 is 4.74 Å². The molecule has 0 amide bonds. The van der Waals surface area contributed by atoms with Crippen LogP contribution >= 0.6 is 0 Å². The first kappa shape index (κ1) is 8.31. The summed E-state index contributed by atoms with van der Waals surface area (Å²) in [4.78, 5) is 0. The lowest BCUT2D eigenvalue weighted by molar-refractivity contribution is 0.0940. The first-order valence-corrected chi connectivity index (χ1v) is 4.82. The highest BCUT2D eigenvalue weighted by Gasteiger charge is 2.60. The summed E-state index contributed by atoms with van der Waals surface area (Å²) < 4.78 is 5.67. The third kappa shape index (κ3) is 0.779. The quantitative estimate of drug-likeness (QED) is 0.398. The van der Waals surface area contributed by atoms with Crippen LogP contribution in [-0.2, 0) is 4.74 Å². The summed E-state index contributed by atoms with van der Waals surface area (Å²) in [7, 11) is 0. The van der Waals surface area contributed by atoms with Gasteiger partial charge in [-0.1, -0.05) is 26.8 Å². The summed E-state index contributed by atoms with van der Waals surface area (Å²) >= 11 is 0. The van der Waals surface area contributed by atoms with Crippen molar-refractivity contribution in [2.75, 3.05) is 6.61 Å². The van der Waals surface area contributed by atoms with E-state index in [0.29, 0.717) is 5.41 Å². The lowest BCUT2D eigenvalue weighted by atomic mass is 9.63. The number of hydrogen-bond acceptors (Lipinski definition) is 1. The molecule has 1 saturated heterocycles. The fraction of sp³-hybridized carbons (Fsp3) is 0.818. The average Bonchev–Trinajstić information content (AvgIpc) is 2.76. The van der Waals surface area contributed by atoms with Crippen LogP contribution in [0.3, 0.4) is 0 Å². The Bertz CT molecular complexity index is 233. The van der Waals surface area contributed by atoms with E-state index >= 15 is 0 Å². The monoisotopic (exact) mass is 166 g/mol. The molecule has 2 unspecified atom stereocenters. The van der Waals surface area contributed by atoms with Gasteiger partial charge in [-0.2, -0.15) is 0 Å². The highest BCUT2D eigenvalue weighted by Crippen LogP contribution is 2.56. The predicted octanol–water partition coefficient (Wildman–Crippen LogP) is 2.77. The van der Waals surface area contributed by atoms with Crippen LogP contribution < -0.4 is 0 Å². The van der Waals surface area contributed by atoms with Gasteiger partial charge in [0.15, 0.2) is 0 Å². The van der Waals surface area contributed by atoms with Crippen molar-refractivity contribution < 1.29 is 4.74 Å². The van der Waals surface area contributed by atoms with Crippen LogP contribution in [0, 0.1) is 11.3 Å². The number of hydrogen-bond donors (Lipinski definition) is 0. The fourth-order valence-corrected chi connectivity index (χ4v) is 2.39. The van der Waals surface area contributed by atoms with E-state index in [-0.39, 0.29) is 5.60 Å². The van der Waals surface area contributed by atoms with Crippen molar-refractivity contribution in [3.8, 4) is 0 Å². The van der Waals surface area contributed by atoms with Crippen LogP contribution in [0.2, 0.25) is 0 Å². The summed E-state index contributed by atoms with van der Waals surface area (Å²) in [6.07, 6.45) is 3.56. The zero-order valence-electron chi connectivity index (χ0n) is 8.48. The topological polar surface area (TPSA) is 12.5 Å². The van der Waals surface area contributed by atoms with E-state index in [4.69, 9.17) is 4.74 Å². The molecule has 12 heavy (non-hydrogen) atoms. The Hall–Kier alpha value is -0.300. The fourth-order valence-electron chi connectivity index (χ4n) is 2.39. The van der Waals surface area contributed by atoms with Gasteiger partial charge in [0.05, 0.1) is 6.61 Å². The van der Waals surface area contributed by atoms with Gasteiger partial charge in [0.1, 0.15) is 5.60 Å². The van der Waals surface area contributed by atoms with Crippen molar-refractivity contribution in [2.24, 2.45) is 11.3 Å². The standard InChI is InChI=1S/C11H18O/c1-8-5-6-9(2)11(7-12-11)10(8,3)4/h6,8H,5,7H2,1-4H3. The lowest BCUT2D eigenvalue weighted by Crippen LogP contribution is -2.42. The molecule has 0 bridgehead atoms. The molecule has 2 atom stereocenters. The molecule has 2 rings (SSSR count). The molecule has 0 aromatic heterocycles. The summed E-state index contributed by atoms with van der Waals surface area (Å²) in [5, 5.41) is 0. The molecule has 0 radical (unpaired) electrons. The maximum atomic E-state index is 5.67. The maximum Gasteiger partial charge on any atom is 0.118 e. The second kappa shape index (κ2) is 2.14. The Morgan fingerprint density at radius 1 is 1.50 bits per heavy atom. The summed E-state index contributed by atoms with van der Waals surface area (Å²) in [5.74, 6) is 0.740. The first-order chi connectivity index (χ1) is 5.51. The molecule has 0 aromatic rings. The minimum Gasteiger partial charge on any atom is -0.364 e. The SMILES string of the molecule is CC1=CCC(C)C(C)(C)C12CO2. The van der Waals surface area contributed by atoms with E-state index in [1.165, 1.54) is 12.0 Å². The molecule has 0 saturated carbocycles. The van der Waals surface area contributed by atoms with E-state index in [0.717, 1.165) is 12.5 Å². The Kier molecular flexibility index (Phi) is 1.48. The first-order valence-electron chi connectivity index (χ1n) is 4.82. The molecule has 2 aliphatic rings.